The molecule has 1 fully saturated rings. The van der Waals surface area contributed by atoms with E-state index in [4.69, 9.17) is 0 Å². The lowest BCUT2D eigenvalue weighted by molar-refractivity contribution is -0.134. The molecule has 0 aromatic heterocycles. The van der Waals surface area contributed by atoms with Gasteiger partial charge in [0, 0.05) is 8.84 Å². The standard InChI is InChI=1S/C27H40INO/c1-6-11-22-18-27(5,28)17-14-23(22)25(3)15-10-16-26(4,19-25)24(30)29-20(2)21-12-8-7-9-13-21/h7-9,12-14,20,22H,6,10-11,15-19H2,1-5H3,(H,29,30)/t20-,22?,25-,26-,27+/m1/s1. The summed E-state index contributed by atoms with van der Waals surface area (Å²) in [7, 11) is 0. The number of hydrogen-bond acceptors (Lipinski definition) is 1. The van der Waals surface area contributed by atoms with Crippen molar-refractivity contribution in [2.75, 3.05) is 0 Å². The molecule has 0 spiro atoms. The Balaban J connectivity index is 1.78. The van der Waals surface area contributed by atoms with E-state index in [0.29, 0.717) is 9.34 Å². The Morgan fingerprint density at radius 2 is 1.90 bits per heavy atom. The zero-order chi connectivity index (χ0) is 22.0. The fourth-order valence-electron chi connectivity index (χ4n) is 6.08. The van der Waals surface area contributed by atoms with Crippen molar-refractivity contribution in [3.05, 3.63) is 47.5 Å². The lowest BCUT2D eigenvalue weighted by Gasteiger charge is -2.49. The van der Waals surface area contributed by atoms with Crippen LogP contribution in [0.25, 0.3) is 0 Å². The molecule has 0 radical (unpaired) electrons. The molecule has 1 N–H and O–H groups in total. The van der Waals surface area contributed by atoms with Crippen molar-refractivity contribution in [1.29, 1.82) is 0 Å². The molecular weight excluding hydrogens is 481 g/mol. The summed E-state index contributed by atoms with van der Waals surface area (Å²) >= 11 is 2.66. The van der Waals surface area contributed by atoms with Gasteiger partial charge in [-0.05, 0) is 62.3 Å². The molecule has 1 saturated carbocycles. The van der Waals surface area contributed by atoms with Crippen LogP contribution in [0.5, 0.6) is 0 Å². The third kappa shape index (κ3) is 5.31. The molecule has 2 aliphatic rings. The van der Waals surface area contributed by atoms with E-state index in [1.54, 1.807) is 5.57 Å². The molecule has 0 aliphatic heterocycles. The molecule has 0 heterocycles. The number of alkyl halides is 1. The maximum Gasteiger partial charge on any atom is 0.226 e. The van der Waals surface area contributed by atoms with Gasteiger partial charge in [0.2, 0.25) is 5.91 Å². The van der Waals surface area contributed by atoms with Crippen LogP contribution in [0.15, 0.2) is 42.0 Å². The van der Waals surface area contributed by atoms with E-state index in [1.807, 2.05) is 18.2 Å². The van der Waals surface area contributed by atoms with Gasteiger partial charge >= 0.3 is 0 Å². The molecule has 3 rings (SSSR count). The molecule has 1 amide bonds. The largest absolute Gasteiger partial charge is 0.349 e. The summed E-state index contributed by atoms with van der Waals surface area (Å²) in [5, 5.41) is 3.34. The predicted octanol–water partition coefficient (Wildman–Crippen LogP) is 7.78. The van der Waals surface area contributed by atoms with Crippen LogP contribution in [0.3, 0.4) is 0 Å². The topological polar surface area (TPSA) is 29.1 Å². The van der Waals surface area contributed by atoms with E-state index in [0.717, 1.165) is 25.7 Å². The second-order valence-electron chi connectivity index (χ2n) is 10.7. The average Bonchev–Trinajstić information content (AvgIpc) is 2.68. The molecule has 2 nitrogen and oxygen atoms in total. The Hall–Kier alpha value is -0.840. The maximum atomic E-state index is 13.5. The highest BCUT2D eigenvalue weighted by molar-refractivity contribution is 14.1. The summed E-state index contributed by atoms with van der Waals surface area (Å²) in [6, 6.07) is 10.4. The van der Waals surface area contributed by atoms with E-state index in [-0.39, 0.29) is 22.8 Å². The van der Waals surface area contributed by atoms with Crippen LogP contribution in [0.2, 0.25) is 0 Å². The number of hydrogen-bond donors (Lipinski definition) is 1. The van der Waals surface area contributed by atoms with Crippen LogP contribution in [0, 0.1) is 16.7 Å². The minimum atomic E-state index is -0.293. The van der Waals surface area contributed by atoms with Crippen LogP contribution < -0.4 is 5.32 Å². The molecule has 1 unspecified atom stereocenters. The van der Waals surface area contributed by atoms with Crippen molar-refractivity contribution in [3.8, 4) is 0 Å². The van der Waals surface area contributed by atoms with Gasteiger partial charge < -0.3 is 5.32 Å². The summed E-state index contributed by atoms with van der Waals surface area (Å²) in [4.78, 5) is 13.5. The van der Waals surface area contributed by atoms with Crippen molar-refractivity contribution in [2.24, 2.45) is 16.7 Å². The summed E-state index contributed by atoms with van der Waals surface area (Å²) in [5.74, 6) is 0.899. The first kappa shape index (κ1) is 23.8. The van der Waals surface area contributed by atoms with E-state index in [9.17, 15) is 4.79 Å². The van der Waals surface area contributed by atoms with E-state index >= 15 is 0 Å². The second-order valence-corrected chi connectivity index (χ2v) is 13.3. The lowest BCUT2D eigenvalue weighted by Crippen LogP contribution is -2.47. The number of carbonyl (C=O) groups is 1. The SMILES string of the molecule is CCCC1C[C@@](C)(I)CC=C1[C@]1(C)CCC[C@@](C)(C(=O)N[C@H](C)c2ccccc2)C1. The lowest BCUT2D eigenvalue weighted by atomic mass is 9.56. The quantitative estimate of drug-likeness (QED) is 0.231. The zero-order valence-corrected chi connectivity index (χ0v) is 21.7. The van der Waals surface area contributed by atoms with Crippen molar-refractivity contribution in [1.82, 2.24) is 5.32 Å². The Kier molecular flexibility index (Phi) is 7.41. The van der Waals surface area contributed by atoms with Gasteiger partial charge in [0.05, 0.1) is 6.04 Å². The van der Waals surface area contributed by atoms with Crippen molar-refractivity contribution in [2.45, 2.75) is 95.4 Å². The highest BCUT2D eigenvalue weighted by Crippen LogP contribution is 2.55. The first-order valence-corrected chi connectivity index (χ1v) is 12.9. The highest BCUT2D eigenvalue weighted by Gasteiger charge is 2.48. The molecule has 1 aromatic carbocycles. The fourth-order valence-corrected chi connectivity index (χ4v) is 6.84. The van der Waals surface area contributed by atoms with Gasteiger partial charge in [-0.25, -0.2) is 0 Å². The zero-order valence-electron chi connectivity index (χ0n) is 19.6. The second kappa shape index (κ2) is 9.34. The van der Waals surface area contributed by atoms with E-state index in [1.165, 1.54) is 31.2 Å². The molecule has 30 heavy (non-hydrogen) atoms. The minimum Gasteiger partial charge on any atom is -0.349 e. The first-order valence-electron chi connectivity index (χ1n) is 11.8. The normalized spacial score (nSPS) is 35.4. The van der Waals surface area contributed by atoms with Crippen LogP contribution >= 0.6 is 22.6 Å². The number of allylic oxidation sites excluding steroid dienone is 2. The van der Waals surface area contributed by atoms with Gasteiger partial charge in [-0.3, -0.25) is 4.79 Å². The third-order valence-corrected chi connectivity index (χ3v) is 8.51. The van der Waals surface area contributed by atoms with Crippen LogP contribution in [0.1, 0.15) is 97.6 Å². The predicted molar refractivity (Wildman–Crippen MR) is 136 cm³/mol. The summed E-state index contributed by atoms with van der Waals surface area (Å²) in [6.07, 6.45) is 11.8. The molecular formula is C27H40INO. The molecule has 0 bridgehead atoms. The number of halogens is 1. The molecule has 5 atom stereocenters. The smallest absolute Gasteiger partial charge is 0.226 e. The van der Waals surface area contributed by atoms with Gasteiger partial charge in [-0.15, -0.1) is 0 Å². The Bertz CT molecular complexity index is 770. The highest BCUT2D eigenvalue weighted by atomic mass is 127. The molecule has 3 heteroatoms. The number of rotatable bonds is 6. The van der Waals surface area contributed by atoms with Crippen molar-refractivity contribution < 1.29 is 4.79 Å². The van der Waals surface area contributed by atoms with Gasteiger partial charge in [-0.2, -0.15) is 0 Å². The van der Waals surface area contributed by atoms with Gasteiger partial charge in [0.15, 0.2) is 0 Å². The number of carbonyl (C=O) groups excluding carboxylic acids is 1. The number of amides is 1. The first-order chi connectivity index (χ1) is 14.1. The summed E-state index contributed by atoms with van der Waals surface area (Å²) in [6.45, 7) is 11.5. The summed E-state index contributed by atoms with van der Waals surface area (Å²) < 4.78 is 0.373. The summed E-state index contributed by atoms with van der Waals surface area (Å²) in [5.41, 5.74) is 2.69. The number of benzene rings is 1. The Labute approximate surface area is 197 Å². The van der Waals surface area contributed by atoms with Crippen molar-refractivity contribution in [3.63, 3.8) is 0 Å². The third-order valence-electron chi connectivity index (χ3n) is 7.63. The number of nitrogens with one attached hydrogen (secondary N) is 1. The van der Waals surface area contributed by atoms with E-state index < -0.39 is 0 Å². The fraction of sp³-hybridized carbons (Fsp3) is 0.667. The van der Waals surface area contributed by atoms with Crippen LogP contribution in [0.4, 0.5) is 0 Å². The Morgan fingerprint density at radius 3 is 2.57 bits per heavy atom. The monoisotopic (exact) mass is 521 g/mol. The minimum absolute atomic E-state index is 0.0465. The van der Waals surface area contributed by atoms with Crippen LogP contribution in [-0.2, 0) is 4.79 Å². The molecule has 2 aliphatic carbocycles. The maximum absolute atomic E-state index is 13.5. The Morgan fingerprint density at radius 1 is 1.20 bits per heavy atom. The van der Waals surface area contributed by atoms with Gasteiger partial charge in [-0.1, -0.05) is 105 Å². The van der Waals surface area contributed by atoms with E-state index in [2.05, 4.69) is 80.7 Å². The molecule has 1 aromatic rings. The van der Waals surface area contributed by atoms with Crippen LogP contribution in [-0.4, -0.2) is 9.33 Å². The van der Waals surface area contributed by atoms with Gasteiger partial charge in [0.25, 0.3) is 0 Å². The molecule has 166 valence electrons. The average molecular weight is 522 g/mol. The van der Waals surface area contributed by atoms with Gasteiger partial charge in [0.1, 0.15) is 0 Å². The molecule has 0 saturated heterocycles. The van der Waals surface area contributed by atoms with Crippen molar-refractivity contribution >= 4 is 28.5 Å².